The van der Waals surface area contributed by atoms with Gasteiger partial charge >= 0.3 is 0 Å². The number of carbonyl (C=O) groups excluding carboxylic acids is 4. The lowest BCUT2D eigenvalue weighted by molar-refractivity contribution is -0.118. The Balaban J connectivity index is 0.000000201. The molecule has 2 saturated carbocycles. The third kappa shape index (κ3) is 11.9. The third-order valence-electron chi connectivity index (χ3n) is 10.1. The van der Waals surface area contributed by atoms with Crippen molar-refractivity contribution < 1.29 is 28.0 Å². The summed E-state index contributed by atoms with van der Waals surface area (Å²) in [4.78, 5) is 45.3. The topological polar surface area (TPSA) is 116 Å². The van der Waals surface area contributed by atoms with E-state index in [2.05, 4.69) is 45.5 Å². The largest absolute Gasteiger partial charge is 0.329 e. The maximum absolute atomic E-state index is 12.9. The van der Waals surface area contributed by atoms with Crippen molar-refractivity contribution in [3.05, 3.63) is 120 Å². The van der Waals surface area contributed by atoms with Crippen molar-refractivity contribution >= 4 is 47.4 Å². The summed E-state index contributed by atoms with van der Waals surface area (Å²) in [6.45, 7) is 0. The molecular formula is C42H46F2N4O4. The smallest absolute Gasteiger partial charge is 0.224 e. The van der Waals surface area contributed by atoms with E-state index in [1.165, 1.54) is 35.4 Å². The van der Waals surface area contributed by atoms with Gasteiger partial charge in [-0.2, -0.15) is 0 Å². The Hall–Kier alpha value is -5.38. The van der Waals surface area contributed by atoms with Gasteiger partial charge in [-0.1, -0.05) is 24.3 Å². The van der Waals surface area contributed by atoms with Gasteiger partial charge in [-0.05, 0) is 159 Å². The van der Waals surface area contributed by atoms with Crippen LogP contribution in [-0.4, -0.2) is 24.6 Å². The molecular weight excluding hydrogens is 662 g/mol. The van der Waals surface area contributed by atoms with E-state index in [-0.39, 0.29) is 23.4 Å². The zero-order valence-corrected chi connectivity index (χ0v) is 29.2. The van der Waals surface area contributed by atoms with Gasteiger partial charge in [-0.3, -0.25) is 19.2 Å². The van der Waals surface area contributed by atoms with Crippen LogP contribution in [0.3, 0.4) is 0 Å². The summed E-state index contributed by atoms with van der Waals surface area (Å²) < 4.78 is 25.8. The Morgan fingerprint density at radius 2 is 0.788 bits per heavy atom. The first-order chi connectivity index (χ1) is 25.3. The van der Waals surface area contributed by atoms with Crippen LogP contribution in [-0.2, 0) is 19.2 Å². The molecule has 0 saturated heterocycles. The molecule has 0 atom stereocenters. The molecule has 2 fully saturated rings. The minimum atomic E-state index is -0.309. The number of nitrogens with one attached hydrogen (secondary N) is 4. The van der Waals surface area contributed by atoms with E-state index in [0.29, 0.717) is 60.7 Å². The van der Waals surface area contributed by atoms with E-state index < -0.39 is 0 Å². The molecule has 6 rings (SSSR count). The maximum atomic E-state index is 12.9. The minimum Gasteiger partial charge on any atom is -0.329 e. The van der Waals surface area contributed by atoms with E-state index in [9.17, 15) is 28.0 Å². The quantitative estimate of drug-likeness (QED) is 0.110. The molecule has 0 unspecified atom stereocenters. The standard InChI is InChI=1S/2C21H23FN2O2/c2*22-18-7-11-20(12-8-18)24-21(26)13-15-1-3-16(4-2-15)17-5-9-19(10-6-17)23-14-25/h2*5-12,14-16H,1-4,13H2,(H,23,25)(H,24,26). The first kappa shape index (κ1) is 37.9. The van der Waals surface area contributed by atoms with Crippen molar-refractivity contribution in [2.45, 2.75) is 76.0 Å². The van der Waals surface area contributed by atoms with Gasteiger partial charge < -0.3 is 21.3 Å². The zero-order valence-electron chi connectivity index (χ0n) is 29.2. The highest BCUT2D eigenvalue weighted by Gasteiger charge is 2.25. The molecule has 4 amide bonds. The maximum Gasteiger partial charge on any atom is 0.224 e. The van der Waals surface area contributed by atoms with Crippen molar-refractivity contribution in [3.8, 4) is 0 Å². The average molecular weight is 709 g/mol. The molecule has 4 aromatic rings. The molecule has 272 valence electrons. The van der Waals surface area contributed by atoms with Crippen LogP contribution in [0.5, 0.6) is 0 Å². The number of anilines is 4. The monoisotopic (exact) mass is 708 g/mol. The number of hydrogen-bond donors (Lipinski definition) is 4. The molecule has 4 N–H and O–H groups in total. The van der Waals surface area contributed by atoms with Crippen molar-refractivity contribution in [1.29, 1.82) is 0 Å². The summed E-state index contributed by atoms with van der Waals surface area (Å²) in [6, 6.07) is 27.6. The number of benzene rings is 4. The van der Waals surface area contributed by atoms with Gasteiger partial charge in [0.25, 0.3) is 0 Å². The zero-order chi connectivity index (χ0) is 36.7. The third-order valence-corrected chi connectivity index (χ3v) is 10.1. The molecule has 0 radical (unpaired) electrons. The van der Waals surface area contributed by atoms with Crippen LogP contribution < -0.4 is 21.3 Å². The minimum absolute atomic E-state index is 0.00986. The highest BCUT2D eigenvalue weighted by atomic mass is 19.1. The van der Waals surface area contributed by atoms with Crippen LogP contribution in [0.4, 0.5) is 31.5 Å². The predicted molar refractivity (Wildman–Crippen MR) is 201 cm³/mol. The Morgan fingerprint density at radius 3 is 1.10 bits per heavy atom. The average Bonchev–Trinajstić information content (AvgIpc) is 3.15. The van der Waals surface area contributed by atoms with E-state index in [4.69, 9.17) is 0 Å². The lowest BCUT2D eigenvalue weighted by Crippen LogP contribution is -2.20. The second-order valence-electron chi connectivity index (χ2n) is 13.7. The Morgan fingerprint density at radius 1 is 0.481 bits per heavy atom. The first-order valence-corrected chi connectivity index (χ1v) is 18.0. The van der Waals surface area contributed by atoms with Gasteiger partial charge in [0.1, 0.15) is 11.6 Å². The number of amides is 4. The molecule has 0 heterocycles. The predicted octanol–water partition coefficient (Wildman–Crippen LogP) is 9.39. The summed E-state index contributed by atoms with van der Waals surface area (Å²) in [5, 5.41) is 11.0. The normalized spacial score (nSPS) is 19.6. The number of halogens is 2. The summed E-state index contributed by atoms with van der Waals surface area (Å²) in [6.07, 6.45) is 10.7. The lowest BCUT2D eigenvalue weighted by atomic mass is 9.77. The molecule has 0 aliphatic heterocycles. The Bertz CT molecular complexity index is 1600. The summed E-state index contributed by atoms with van der Waals surface area (Å²) in [7, 11) is 0. The molecule has 4 aromatic carbocycles. The number of carbonyl (C=O) groups is 4. The van der Waals surface area contributed by atoms with Gasteiger partial charge in [-0.25, -0.2) is 8.78 Å². The van der Waals surface area contributed by atoms with Gasteiger partial charge in [-0.15, -0.1) is 0 Å². The second-order valence-corrected chi connectivity index (χ2v) is 13.7. The van der Waals surface area contributed by atoms with Crippen molar-refractivity contribution in [1.82, 2.24) is 0 Å². The van der Waals surface area contributed by atoms with Crippen molar-refractivity contribution in [2.75, 3.05) is 21.3 Å². The van der Waals surface area contributed by atoms with Crippen LogP contribution in [0.1, 0.15) is 87.2 Å². The van der Waals surface area contributed by atoms with Crippen LogP contribution in [0.25, 0.3) is 0 Å². The molecule has 8 nitrogen and oxygen atoms in total. The van der Waals surface area contributed by atoms with Crippen molar-refractivity contribution in [3.63, 3.8) is 0 Å². The molecule has 0 spiro atoms. The van der Waals surface area contributed by atoms with E-state index in [1.54, 1.807) is 24.3 Å². The van der Waals surface area contributed by atoms with E-state index in [0.717, 1.165) is 62.7 Å². The molecule has 2 aliphatic carbocycles. The molecule has 0 aromatic heterocycles. The molecule has 2 aliphatic rings. The highest BCUT2D eigenvalue weighted by molar-refractivity contribution is 5.91. The van der Waals surface area contributed by atoms with Crippen LogP contribution in [0.2, 0.25) is 0 Å². The Labute approximate surface area is 303 Å². The van der Waals surface area contributed by atoms with Crippen molar-refractivity contribution in [2.24, 2.45) is 11.8 Å². The molecule has 10 heteroatoms. The van der Waals surface area contributed by atoms with E-state index >= 15 is 0 Å². The van der Waals surface area contributed by atoms with Crippen LogP contribution >= 0.6 is 0 Å². The number of hydrogen-bond acceptors (Lipinski definition) is 4. The fraction of sp³-hybridized carbons (Fsp3) is 0.333. The first-order valence-electron chi connectivity index (χ1n) is 18.0. The molecule has 0 bridgehead atoms. The van der Waals surface area contributed by atoms with Gasteiger partial charge in [0.05, 0.1) is 0 Å². The lowest BCUT2D eigenvalue weighted by Gasteiger charge is -2.28. The van der Waals surface area contributed by atoms with Crippen LogP contribution in [0, 0.1) is 23.5 Å². The second kappa shape index (κ2) is 19.3. The van der Waals surface area contributed by atoms with E-state index in [1.807, 2.05) is 24.3 Å². The fourth-order valence-corrected chi connectivity index (χ4v) is 7.25. The van der Waals surface area contributed by atoms with Crippen LogP contribution in [0.15, 0.2) is 97.1 Å². The number of rotatable bonds is 12. The van der Waals surface area contributed by atoms with Gasteiger partial charge in [0.2, 0.25) is 24.6 Å². The summed E-state index contributed by atoms with van der Waals surface area (Å²) in [5.74, 6) is 1.17. The van der Waals surface area contributed by atoms with Gasteiger partial charge in [0.15, 0.2) is 0 Å². The molecule has 52 heavy (non-hydrogen) atoms. The fourth-order valence-electron chi connectivity index (χ4n) is 7.25. The summed E-state index contributed by atoms with van der Waals surface area (Å²) >= 11 is 0. The Kier molecular flexibility index (Phi) is 14.0. The highest BCUT2D eigenvalue weighted by Crippen LogP contribution is 2.38. The summed E-state index contributed by atoms with van der Waals surface area (Å²) in [5.41, 5.74) is 5.44. The van der Waals surface area contributed by atoms with Gasteiger partial charge in [0, 0.05) is 35.6 Å². The SMILES string of the molecule is O=CNc1ccc(C2CCC(CC(=O)Nc3ccc(F)cc3)CC2)cc1.O=CNc1ccc(C2CCC(CC(=O)Nc3ccc(F)cc3)CC2)cc1.